The summed E-state index contributed by atoms with van der Waals surface area (Å²) < 4.78 is 38.3. The molecule has 4 aromatic rings. The first-order chi connectivity index (χ1) is 36.0. The zero-order valence-corrected chi connectivity index (χ0v) is 42.8. The second-order valence-corrected chi connectivity index (χ2v) is 20.5. The predicted molar refractivity (Wildman–Crippen MR) is 264 cm³/mol. The topological polar surface area (TPSA) is 282 Å². The van der Waals surface area contributed by atoms with Crippen LogP contribution in [-0.4, -0.2) is 122 Å². The number of nitrogens with zero attached hydrogens (tertiary/aromatic N) is 1. The quantitative estimate of drug-likeness (QED) is 0.0528. The number of carbonyl (C=O) groups is 7. The van der Waals surface area contributed by atoms with Gasteiger partial charge in [0.15, 0.2) is 17.5 Å². The van der Waals surface area contributed by atoms with E-state index in [2.05, 4.69) is 5.32 Å². The maximum absolute atomic E-state index is 16.2. The number of aromatic nitrogens is 1. The molecule has 0 radical (unpaired) electrons. The molecule has 20 nitrogen and oxygen atoms in total. The van der Waals surface area contributed by atoms with Crippen molar-refractivity contribution in [2.24, 2.45) is 22.7 Å². The van der Waals surface area contributed by atoms with Crippen molar-refractivity contribution >= 4 is 41.5 Å². The summed E-state index contributed by atoms with van der Waals surface area (Å²) in [6.07, 6.45) is -8.21. The number of ketones is 1. The summed E-state index contributed by atoms with van der Waals surface area (Å²) in [5.41, 5.74) is -7.43. The van der Waals surface area contributed by atoms with Crippen LogP contribution < -0.4 is 10.2 Å². The molecule has 404 valence electrons. The number of carbonyl (C=O) groups excluding carboxylic acids is 7. The minimum absolute atomic E-state index is 0.0169. The van der Waals surface area contributed by atoms with Crippen molar-refractivity contribution in [3.05, 3.63) is 131 Å². The Labute approximate surface area is 437 Å². The summed E-state index contributed by atoms with van der Waals surface area (Å²) in [4.78, 5) is 104. The summed E-state index contributed by atoms with van der Waals surface area (Å²) in [5.74, 6) is -10.4. The number of rotatable bonds is 17. The van der Waals surface area contributed by atoms with Gasteiger partial charge in [0.25, 0.3) is 5.91 Å². The molecule has 3 aromatic carbocycles. The largest absolute Gasteiger partial charge is 0.492 e. The van der Waals surface area contributed by atoms with Crippen LogP contribution in [0.1, 0.15) is 106 Å². The van der Waals surface area contributed by atoms with Gasteiger partial charge in [-0.3, -0.25) is 19.2 Å². The molecule has 4 aliphatic rings. The van der Waals surface area contributed by atoms with Crippen molar-refractivity contribution in [3.8, 4) is 11.8 Å². The maximum atomic E-state index is 16.2. The van der Waals surface area contributed by atoms with Crippen molar-refractivity contribution in [3.63, 3.8) is 0 Å². The van der Waals surface area contributed by atoms with E-state index in [-0.39, 0.29) is 55.6 Å². The zero-order valence-electron chi connectivity index (χ0n) is 42.8. The van der Waals surface area contributed by atoms with Gasteiger partial charge in [0, 0.05) is 68.7 Å². The molecule has 3 unspecified atom stereocenters. The lowest BCUT2D eigenvalue weighted by Crippen LogP contribution is -2.81. The number of nitrogens with one attached hydrogen (secondary N) is 1. The molecule has 20 heteroatoms. The van der Waals surface area contributed by atoms with Crippen LogP contribution in [0.25, 0.3) is 0 Å². The fourth-order valence-corrected chi connectivity index (χ4v) is 11.7. The lowest BCUT2D eigenvalue weighted by Gasteiger charge is -2.67. The minimum Gasteiger partial charge on any atom is -0.492 e. The molecule has 8 rings (SSSR count). The Morgan fingerprint density at radius 3 is 2.00 bits per heavy atom. The number of fused-ring (bicyclic) bond motifs is 5. The first-order valence-electron chi connectivity index (χ1n) is 25.0. The van der Waals surface area contributed by atoms with Gasteiger partial charge in [0.2, 0.25) is 17.5 Å². The van der Waals surface area contributed by atoms with E-state index in [0.717, 1.165) is 26.0 Å². The highest BCUT2D eigenvalue weighted by Gasteiger charge is 2.78. The molecule has 1 aliphatic heterocycles. The Morgan fingerprint density at radius 2 is 1.42 bits per heavy atom. The van der Waals surface area contributed by atoms with Crippen molar-refractivity contribution < 1.29 is 87.2 Å². The molecule has 3 fully saturated rings. The van der Waals surface area contributed by atoms with E-state index in [9.17, 15) is 49.2 Å². The third kappa shape index (κ3) is 10.1. The SMILES string of the molecule is CC(=O)OC1=C2C(C)[C@@H](OC(=O)[C@H](O)[C@@H](NC(=O)c3ccccc3)c3ccccc3)C[C@@](O)([C@@H](OC(=O)c3ccccc3)C3[C@]4(OC(C)=O)COC4C[C@H](OCCCCC(=O)On4c(O)ccc4O)[C@@]3(C)C1=O)C2(C)C. The van der Waals surface area contributed by atoms with E-state index in [1.54, 1.807) is 99.6 Å². The molecular weight excluding hydrogens is 989 g/mol. The number of unbranched alkanes of at least 4 members (excludes halogenated alkanes) is 1. The number of Topliss-reactive ketones (excluding diaryl/α,β-unsaturated/α-hetero) is 1. The molecule has 76 heavy (non-hydrogen) atoms. The molecule has 2 heterocycles. The lowest BCUT2D eigenvalue weighted by atomic mass is 9.45. The summed E-state index contributed by atoms with van der Waals surface area (Å²) in [7, 11) is 0. The van der Waals surface area contributed by atoms with Crippen LogP contribution in [0.4, 0.5) is 0 Å². The first-order valence-corrected chi connectivity index (χ1v) is 25.0. The van der Waals surface area contributed by atoms with E-state index in [0.29, 0.717) is 10.3 Å². The average molecular weight is 1050 g/mol. The first kappa shape index (κ1) is 54.9. The molecule has 0 spiro atoms. The number of amides is 1. The molecular formula is C56H62N2O18. The summed E-state index contributed by atoms with van der Waals surface area (Å²) in [6, 6.07) is 25.1. The molecule has 2 bridgehead atoms. The van der Waals surface area contributed by atoms with Crippen LogP contribution in [-0.2, 0) is 52.4 Å². The maximum Gasteiger partial charge on any atom is 0.338 e. The van der Waals surface area contributed by atoms with Crippen LogP contribution in [0.2, 0.25) is 0 Å². The second kappa shape index (κ2) is 21.7. The van der Waals surface area contributed by atoms with Gasteiger partial charge >= 0.3 is 29.8 Å². The number of aliphatic hydroxyl groups excluding tert-OH is 1. The minimum atomic E-state index is -2.45. The fourth-order valence-electron chi connectivity index (χ4n) is 11.7. The number of ether oxygens (including phenoxy) is 6. The van der Waals surface area contributed by atoms with Gasteiger partial charge in [-0.05, 0) is 55.2 Å². The van der Waals surface area contributed by atoms with Crippen molar-refractivity contribution in [2.45, 2.75) is 121 Å². The van der Waals surface area contributed by atoms with Crippen LogP contribution in [0.15, 0.2) is 114 Å². The second-order valence-electron chi connectivity index (χ2n) is 20.5. The highest BCUT2D eigenvalue weighted by atomic mass is 16.7. The number of allylic oxidation sites excluding steroid dienone is 1. The smallest absolute Gasteiger partial charge is 0.338 e. The highest BCUT2D eigenvalue weighted by Crippen LogP contribution is 2.65. The van der Waals surface area contributed by atoms with E-state index in [1.807, 2.05) is 0 Å². The fraction of sp³-hybridized carbons (Fsp3) is 0.446. The van der Waals surface area contributed by atoms with Gasteiger partial charge in [-0.2, -0.15) is 0 Å². The number of hydrogen-bond donors (Lipinski definition) is 5. The number of esters is 4. The van der Waals surface area contributed by atoms with Crippen LogP contribution in [0.5, 0.6) is 11.8 Å². The number of aliphatic hydroxyl groups is 2. The molecule has 1 aromatic heterocycles. The van der Waals surface area contributed by atoms with Gasteiger partial charge in [-0.1, -0.05) is 87.5 Å². The van der Waals surface area contributed by atoms with Gasteiger partial charge in [0.05, 0.1) is 35.6 Å². The van der Waals surface area contributed by atoms with Crippen molar-refractivity contribution in [2.75, 3.05) is 13.2 Å². The average Bonchev–Trinajstić information content (AvgIpc) is 3.70. The zero-order chi connectivity index (χ0) is 54.9. The third-order valence-corrected chi connectivity index (χ3v) is 15.5. The van der Waals surface area contributed by atoms with Crippen LogP contribution in [0.3, 0.4) is 0 Å². The highest BCUT2D eigenvalue weighted by molar-refractivity contribution is 6.02. The number of hydrogen-bond acceptors (Lipinski definition) is 18. The summed E-state index contributed by atoms with van der Waals surface area (Å²) in [6.45, 7) is 7.97. The predicted octanol–water partition coefficient (Wildman–Crippen LogP) is 5.00. The molecule has 3 aliphatic carbocycles. The van der Waals surface area contributed by atoms with E-state index in [4.69, 9.17) is 33.3 Å². The number of aromatic hydroxyl groups is 2. The Hall–Kier alpha value is -7.39. The van der Waals surface area contributed by atoms with Gasteiger partial charge in [0.1, 0.15) is 23.9 Å². The van der Waals surface area contributed by atoms with Gasteiger partial charge < -0.3 is 59.0 Å². The van der Waals surface area contributed by atoms with Crippen molar-refractivity contribution in [1.29, 1.82) is 0 Å². The third-order valence-electron chi connectivity index (χ3n) is 15.5. The van der Waals surface area contributed by atoms with Gasteiger partial charge in [-0.15, -0.1) is 4.73 Å². The molecule has 2 saturated carbocycles. The standard InChI is InChI=1S/C56H62N2O18/c1-31-37(73-52(68)45(64)44(34-18-10-7-11-19-34)57-50(66)35-20-12-8-13-21-35)29-56(69)49(74-51(67)36-22-14-9-15-23-36)47-54(6,48(65)46(72-32(2)59)43(31)53(56,4)5)38(28-39-55(47,30-71-39)75-33(3)60)70-27-17-16-24-42(63)76-58-40(61)25-26-41(58)62/h7-15,18-23,25-26,31,37-39,44-45,47,49,61-62,64,69H,16-17,24,27-30H2,1-6H3,(H,57,66)/t31?,37-,38-,39?,44-,45+,47?,49-,54+,55-,56+/m0/s1. The molecule has 5 N–H and O–H groups in total. The Kier molecular flexibility index (Phi) is 15.7. The lowest BCUT2D eigenvalue weighted by molar-refractivity contribution is -0.348. The monoisotopic (exact) mass is 1050 g/mol. The Balaban J connectivity index is 1.22. The van der Waals surface area contributed by atoms with Crippen LogP contribution in [0, 0.1) is 22.7 Å². The Bertz CT molecular complexity index is 2870. The molecule has 1 amide bonds. The normalized spacial score (nSPS) is 28.1. The van der Waals surface area contributed by atoms with Crippen LogP contribution >= 0.6 is 0 Å². The van der Waals surface area contributed by atoms with E-state index in [1.165, 1.54) is 19.1 Å². The van der Waals surface area contributed by atoms with Crippen molar-refractivity contribution in [1.82, 2.24) is 10.0 Å². The van der Waals surface area contributed by atoms with E-state index < -0.39 is 136 Å². The summed E-state index contributed by atoms with van der Waals surface area (Å²) >= 11 is 0. The summed E-state index contributed by atoms with van der Waals surface area (Å²) in [5, 5.41) is 48.6. The molecule has 1 saturated heterocycles. The molecule has 11 atom stereocenters. The Morgan fingerprint density at radius 1 is 0.816 bits per heavy atom. The van der Waals surface area contributed by atoms with Gasteiger partial charge in [-0.25, -0.2) is 14.4 Å². The number of benzene rings is 3. The van der Waals surface area contributed by atoms with E-state index >= 15 is 4.79 Å².